The highest BCUT2D eigenvalue weighted by molar-refractivity contribution is 7.18. The Labute approximate surface area is 74.0 Å². The van der Waals surface area contributed by atoms with Crippen molar-refractivity contribution in [1.29, 1.82) is 0 Å². The van der Waals surface area contributed by atoms with Crippen LogP contribution in [-0.4, -0.2) is 4.98 Å². The van der Waals surface area contributed by atoms with E-state index in [2.05, 4.69) is 4.98 Å². The molecule has 2 rings (SSSR count). The summed E-state index contributed by atoms with van der Waals surface area (Å²) >= 11 is 1.61. The van der Waals surface area contributed by atoms with Crippen LogP contribution >= 0.6 is 11.3 Å². The van der Waals surface area contributed by atoms with Crippen molar-refractivity contribution >= 4 is 27.2 Å². The van der Waals surface area contributed by atoms with E-state index in [1.165, 1.54) is 0 Å². The first-order chi connectivity index (χ1) is 5.79. The molecule has 0 saturated heterocycles. The molecule has 4 heteroatoms. The Hall–Kier alpha value is -1.13. The number of anilines is 1. The van der Waals surface area contributed by atoms with E-state index in [0.717, 1.165) is 20.9 Å². The number of thiazole rings is 1. The number of fused-ring (bicyclic) bond motifs is 1. The molecule has 0 aliphatic rings. The molecule has 0 saturated carbocycles. The molecule has 1 heterocycles. The summed E-state index contributed by atoms with van der Waals surface area (Å²) in [5.41, 5.74) is 12.8. The summed E-state index contributed by atoms with van der Waals surface area (Å²) in [6.07, 6.45) is 0. The lowest BCUT2D eigenvalue weighted by atomic mass is 10.3. The largest absolute Gasteiger partial charge is 0.399 e. The van der Waals surface area contributed by atoms with E-state index in [1.54, 1.807) is 11.3 Å². The lowest BCUT2D eigenvalue weighted by Gasteiger charge is -1.89. The summed E-state index contributed by atoms with van der Waals surface area (Å²) in [5, 5.41) is 0.954. The van der Waals surface area contributed by atoms with E-state index >= 15 is 0 Å². The predicted octanol–water partition coefficient (Wildman–Crippen LogP) is 1.34. The molecule has 0 atom stereocenters. The summed E-state index contributed by atoms with van der Waals surface area (Å²) in [5.74, 6) is 0. The first-order valence-electron chi connectivity index (χ1n) is 3.64. The van der Waals surface area contributed by atoms with E-state index in [4.69, 9.17) is 11.5 Å². The summed E-state index contributed by atoms with van der Waals surface area (Å²) < 4.78 is 1.14. The highest BCUT2D eigenvalue weighted by atomic mass is 32.1. The van der Waals surface area contributed by atoms with Gasteiger partial charge in [0, 0.05) is 12.2 Å². The summed E-state index contributed by atoms with van der Waals surface area (Å²) in [4.78, 5) is 4.31. The van der Waals surface area contributed by atoms with Gasteiger partial charge in [0.25, 0.3) is 0 Å². The molecule has 62 valence electrons. The minimum absolute atomic E-state index is 0.499. The molecule has 2 aromatic rings. The first-order valence-corrected chi connectivity index (χ1v) is 4.46. The van der Waals surface area contributed by atoms with Gasteiger partial charge in [0.1, 0.15) is 5.01 Å². The van der Waals surface area contributed by atoms with E-state index in [-0.39, 0.29) is 0 Å². The number of nitrogens with two attached hydrogens (primary N) is 2. The van der Waals surface area contributed by atoms with Crippen LogP contribution in [0.4, 0.5) is 5.69 Å². The smallest absolute Gasteiger partial charge is 0.107 e. The average Bonchev–Trinajstić information content (AvgIpc) is 2.46. The quantitative estimate of drug-likeness (QED) is 0.649. The molecule has 0 aliphatic carbocycles. The molecule has 3 nitrogen and oxygen atoms in total. The maximum Gasteiger partial charge on any atom is 0.107 e. The summed E-state index contributed by atoms with van der Waals surface area (Å²) in [7, 11) is 0. The fourth-order valence-electron chi connectivity index (χ4n) is 1.08. The number of hydrogen-bond donors (Lipinski definition) is 2. The molecule has 0 unspecified atom stereocenters. The molecule has 0 aliphatic heterocycles. The zero-order valence-electron chi connectivity index (χ0n) is 6.45. The maximum atomic E-state index is 5.61. The minimum Gasteiger partial charge on any atom is -0.399 e. The minimum atomic E-state index is 0.499. The van der Waals surface area contributed by atoms with Gasteiger partial charge in [-0.05, 0) is 18.2 Å². The van der Waals surface area contributed by atoms with Crippen LogP contribution < -0.4 is 11.5 Å². The van der Waals surface area contributed by atoms with Gasteiger partial charge in [0.05, 0.1) is 10.2 Å². The van der Waals surface area contributed by atoms with Crippen LogP contribution in [-0.2, 0) is 6.54 Å². The Morgan fingerprint density at radius 3 is 3.00 bits per heavy atom. The second-order valence-corrected chi connectivity index (χ2v) is 3.65. The number of nitrogens with zero attached hydrogens (tertiary/aromatic N) is 1. The van der Waals surface area contributed by atoms with Gasteiger partial charge in [0.2, 0.25) is 0 Å². The van der Waals surface area contributed by atoms with Crippen molar-refractivity contribution in [1.82, 2.24) is 4.98 Å². The number of rotatable bonds is 1. The molecule has 1 aromatic heterocycles. The van der Waals surface area contributed by atoms with Crippen LogP contribution in [0.1, 0.15) is 5.01 Å². The number of hydrogen-bond acceptors (Lipinski definition) is 4. The first kappa shape index (κ1) is 7.52. The van der Waals surface area contributed by atoms with E-state index in [0.29, 0.717) is 6.54 Å². The Kier molecular flexibility index (Phi) is 1.71. The molecule has 0 amide bonds. The summed E-state index contributed by atoms with van der Waals surface area (Å²) in [6, 6.07) is 5.72. The molecular formula is C8H9N3S. The van der Waals surface area contributed by atoms with Gasteiger partial charge in [-0.2, -0.15) is 0 Å². The topological polar surface area (TPSA) is 64.9 Å². The lowest BCUT2D eigenvalue weighted by molar-refractivity contribution is 1.05. The molecule has 4 N–H and O–H groups in total. The van der Waals surface area contributed by atoms with Crippen LogP contribution in [0.15, 0.2) is 18.2 Å². The number of nitrogen functional groups attached to an aromatic ring is 1. The van der Waals surface area contributed by atoms with Crippen molar-refractivity contribution in [3.05, 3.63) is 23.2 Å². The normalized spacial score (nSPS) is 10.8. The number of aromatic nitrogens is 1. The van der Waals surface area contributed by atoms with Crippen LogP contribution in [0, 0.1) is 0 Å². The lowest BCUT2D eigenvalue weighted by Crippen LogP contribution is -1.93. The zero-order valence-corrected chi connectivity index (χ0v) is 7.27. The Morgan fingerprint density at radius 1 is 1.42 bits per heavy atom. The van der Waals surface area contributed by atoms with Gasteiger partial charge in [-0.25, -0.2) is 4.98 Å². The third-order valence-corrected chi connectivity index (χ3v) is 2.69. The fourth-order valence-corrected chi connectivity index (χ4v) is 1.91. The van der Waals surface area contributed by atoms with Gasteiger partial charge in [-0.1, -0.05) is 0 Å². The maximum absolute atomic E-state index is 5.61. The van der Waals surface area contributed by atoms with E-state index < -0.39 is 0 Å². The van der Waals surface area contributed by atoms with Gasteiger partial charge in [-0.15, -0.1) is 11.3 Å². The molecule has 12 heavy (non-hydrogen) atoms. The highest BCUT2D eigenvalue weighted by Gasteiger charge is 2.01. The van der Waals surface area contributed by atoms with Crippen molar-refractivity contribution in [3.63, 3.8) is 0 Å². The van der Waals surface area contributed by atoms with Gasteiger partial charge >= 0.3 is 0 Å². The third kappa shape index (κ3) is 1.15. The Morgan fingerprint density at radius 2 is 2.25 bits per heavy atom. The molecular weight excluding hydrogens is 170 g/mol. The van der Waals surface area contributed by atoms with Crippen molar-refractivity contribution in [2.75, 3.05) is 5.73 Å². The molecule has 0 radical (unpaired) electrons. The standard InChI is InChI=1S/C8H9N3S/c9-4-8-11-6-3-5(10)1-2-7(6)12-8/h1-3H,4,9-10H2. The van der Waals surface area contributed by atoms with E-state index in [1.807, 2.05) is 18.2 Å². The van der Waals surface area contributed by atoms with Gasteiger partial charge < -0.3 is 11.5 Å². The van der Waals surface area contributed by atoms with E-state index in [9.17, 15) is 0 Å². The third-order valence-electron chi connectivity index (χ3n) is 1.63. The average molecular weight is 179 g/mol. The molecule has 0 bridgehead atoms. The fraction of sp³-hybridized carbons (Fsp3) is 0.125. The zero-order chi connectivity index (χ0) is 8.55. The molecule has 1 aromatic carbocycles. The van der Waals surface area contributed by atoms with Crippen molar-refractivity contribution < 1.29 is 0 Å². The van der Waals surface area contributed by atoms with Gasteiger partial charge in [-0.3, -0.25) is 0 Å². The SMILES string of the molecule is NCc1nc2cc(N)ccc2s1. The van der Waals surface area contributed by atoms with Crippen molar-refractivity contribution in [3.8, 4) is 0 Å². The van der Waals surface area contributed by atoms with Gasteiger partial charge in [0.15, 0.2) is 0 Å². The Balaban J connectivity index is 2.67. The van der Waals surface area contributed by atoms with Crippen LogP contribution in [0.3, 0.4) is 0 Å². The second kappa shape index (κ2) is 2.73. The monoisotopic (exact) mass is 179 g/mol. The highest BCUT2D eigenvalue weighted by Crippen LogP contribution is 2.23. The Bertz CT molecular complexity index is 408. The van der Waals surface area contributed by atoms with Crippen LogP contribution in [0.25, 0.3) is 10.2 Å². The number of benzene rings is 1. The molecule has 0 fully saturated rings. The van der Waals surface area contributed by atoms with Crippen LogP contribution in [0.2, 0.25) is 0 Å². The summed E-state index contributed by atoms with van der Waals surface area (Å²) in [6.45, 7) is 0.499. The second-order valence-electron chi connectivity index (χ2n) is 2.54. The van der Waals surface area contributed by atoms with Crippen molar-refractivity contribution in [2.24, 2.45) is 5.73 Å². The predicted molar refractivity (Wildman–Crippen MR) is 51.9 cm³/mol. The molecule has 0 spiro atoms. The van der Waals surface area contributed by atoms with Crippen LogP contribution in [0.5, 0.6) is 0 Å². The van der Waals surface area contributed by atoms with Crippen molar-refractivity contribution in [2.45, 2.75) is 6.54 Å².